The summed E-state index contributed by atoms with van der Waals surface area (Å²) in [6, 6.07) is 19.0. The van der Waals surface area contributed by atoms with Crippen molar-refractivity contribution < 1.29 is 13.9 Å². The van der Waals surface area contributed by atoms with Gasteiger partial charge in [-0.3, -0.25) is 0 Å². The Morgan fingerprint density at radius 1 is 1.00 bits per heavy atom. The van der Waals surface area contributed by atoms with Gasteiger partial charge < -0.3 is 9.15 Å². The number of pyridine rings is 1. The predicted octanol–water partition coefficient (Wildman–Crippen LogP) is 4.20. The fourth-order valence-electron chi connectivity index (χ4n) is 2.80. The van der Waals surface area contributed by atoms with Crippen molar-refractivity contribution in [2.45, 2.75) is 20.0 Å². The lowest BCUT2D eigenvalue weighted by molar-refractivity contribution is 0.0439. The lowest BCUT2D eigenvalue weighted by Gasteiger charge is -2.09. The second kappa shape index (κ2) is 7.37. The van der Waals surface area contributed by atoms with Gasteiger partial charge in [0.1, 0.15) is 0 Å². The molecule has 0 unspecified atom stereocenters. The molecular formula is C21H17N3O3. The molecule has 0 N–H and O–H groups in total. The molecule has 2 heterocycles. The maximum atomic E-state index is 12.8. The van der Waals surface area contributed by atoms with E-state index in [1.54, 1.807) is 6.07 Å². The van der Waals surface area contributed by atoms with Crippen LogP contribution in [0.3, 0.4) is 0 Å². The highest BCUT2D eigenvalue weighted by molar-refractivity contribution is 6.04. The predicted molar refractivity (Wildman–Crippen MR) is 100.0 cm³/mol. The molecule has 0 saturated carbocycles. The van der Waals surface area contributed by atoms with Crippen molar-refractivity contribution in [1.82, 2.24) is 15.2 Å². The van der Waals surface area contributed by atoms with Crippen molar-refractivity contribution in [3.8, 4) is 11.3 Å². The molecule has 0 aliphatic carbocycles. The number of nitrogens with zero attached hydrogens (tertiary/aromatic N) is 3. The van der Waals surface area contributed by atoms with E-state index in [0.717, 1.165) is 16.5 Å². The van der Waals surface area contributed by atoms with Crippen molar-refractivity contribution in [3.63, 3.8) is 0 Å². The lowest BCUT2D eigenvalue weighted by atomic mass is 10.0. The zero-order chi connectivity index (χ0) is 18.6. The van der Waals surface area contributed by atoms with E-state index in [9.17, 15) is 4.79 Å². The minimum atomic E-state index is -0.456. The van der Waals surface area contributed by atoms with Crippen LogP contribution < -0.4 is 0 Å². The molecule has 0 aliphatic rings. The number of benzene rings is 2. The highest BCUT2D eigenvalue weighted by Gasteiger charge is 2.16. The van der Waals surface area contributed by atoms with E-state index >= 15 is 0 Å². The van der Waals surface area contributed by atoms with Gasteiger partial charge in [0, 0.05) is 17.4 Å². The Hall–Kier alpha value is -3.54. The largest absolute Gasteiger partial charge is 0.452 e. The van der Waals surface area contributed by atoms with Crippen LogP contribution in [-0.2, 0) is 17.8 Å². The van der Waals surface area contributed by atoms with Crippen LogP contribution in [0.2, 0.25) is 0 Å². The van der Waals surface area contributed by atoms with Gasteiger partial charge in [0.15, 0.2) is 6.61 Å². The minimum absolute atomic E-state index is 0.0663. The SMILES string of the molecule is CCc1nnc(COC(=O)c2cc(-c3ccccc3)nc3ccccc23)o1. The Morgan fingerprint density at radius 3 is 2.52 bits per heavy atom. The van der Waals surface area contributed by atoms with E-state index in [4.69, 9.17) is 9.15 Å². The zero-order valence-electron chi connectivity index (χ0n) is 14.8. The van der Waals surface area contributed by atoms with Crippen LogP contribution in [0.15, 0.2) is 65.1 Å². The summed E-state index contributed by atoms with van der Waals surface area (Å²) in [5.41, 5.74) is 2.83. The molecule has 4 aromatic rings. The number of aryl methyl sites for hydroxylation is 1. The molecule has 2 aromatic carbocycles. The molecule has 0 amide bonds. The van der Waals surface area contributed by atoms with E-state index in [1.165, 1.54) is 0 Å². The summed E-state index contributed by atoms with van der Waals surface area (Å²) in [5, 5.41) is 8.48. The van der Waals surface area contributed by atoms with Crippen LogP contribution in [0.5, 0.6) is 0 Å². The molecule has 6 heteroatoms. The third-order valence-corrected chi connectivity index (χ3v) is 4.14. The number of carbonyl (C=O) groups excluding carboxylic acids is 1. The molecule has 6 nitrogen and oxygen atoms in total. The third-order valence-electron chi connectivity index (χ3n) is 4.14. The first kappa shape index (κ1) is 16.9. The molecule has 4 rings (SSSR count). The van der Waals surface area contributed by atoms with Crippen molar-refractivity contribution in [3.05, 3.63) is 78.0 Å². The molecule has 0 spiro atoms. The minimum Gasteiger partial charge on any atom is -0.452 e. The number of ether oxygens (including phenoxy) is 1. The Bertz CT molecular complexity index is 1090. The zero-order valence-corrected chi connectivity index (χ0v) is 14.8. The lowest BCUT2D eigenvalue weighted by Crippen LogP contribution is -2.07. The molecular weight excluding hydrogens is 342 g/mol. The number of aromatic nitrogens is 3. The summed E-state index contributed by atoms with van der Waals surface area (Å²) < 4.78 is 10.8. The van der Waals surface area contributed by atoms with E-state index in [2.05, 4.69) is 15.2 Å². The van der Waals surface area contributed by atoms with Gasteiger partial charge in [-0.2, -0.15) is 0 Å². The van der Waals surface area contributed by atoms with Crippen LogP contribution >= 0.6 is 0 Å². The van der Waals surface area contributed by atoms with Gasteiger partial charge in [-0.15, -0.1) is 10.2 Å². The van der Waals surface area contributed by atoms with Gasteiger partial charge in [-0.25, -0.2) is 9.78 Å². The maximum Gasteiger partial charge on any atom is 0.339 e. The van der Waals surface area contributed by atoms with Gasteiger partial charge in [0.2, 0.25) is 5.89 Å². The summed E-state index contributed by atoms with van der Waals surface area (Å²) in [6.45, 7) is 1.85. The van der Waals surface area contributed by atoms with Crippen LogP contribution in [0, 0.1) is 0 Å². The first-order valence-corrected chi connectivity index (χ1v) is 8.68. The highest BCUT2D eigenvalue weighted by atomic mass is 16.5. The molecule has 27 heavy (non-hydrogen) atoms. The van der Waals surface area contributed by atoms with Gasteiger partial charge >= 0.3 is 5.97 Å². The Morgan fingerprint density at radius 2 is 1.74 bits per heavy atom. The summed E-state index contributed by atoms with van der Waals surface area (Å²) in [6.07, 6.45) is 0.635. The van der Waals surface area contributed by atoms with E-state index in [0.29, 0.717) is 23.6 Å². The molecule has 0 aliphatic heterocycles. The normalized spacial score (nSPS) is 10.9. The van der Waals surface area contributed by atoms with Crippen molar-refractivity contribution in [1.29, 1.82) is 0 Å². The van der Waals surface area contributed by atoms with Gasteiger partial charge in [0.05, 0.1) is 16.8 Å². The number of hydrogen-bond donors (Lipinski definition) is 0. The van der Waals surface area contributed by atoms with E-state index in [1.807, 2.05) is 61.5 Å². The third kappa shape index (κ3) is 3.55. The molecule has 0 radical (unpaired) electrons. The van der Waals surface area contributed by atoms with Crippen molar-refractivity contribution in [2.24, 2.45) is 0 Å². The molecule has 0 fully saturated rings. The molecule has 0 bridgehead atoms. The second-order valence-corrected chi connectivity index (χ2v) is 5.96. The molecule has 0 atom stereocenters. The average Bonchev–Trinajstić information content (AvgIpc) is 3.20. The molecule has 2 aromatic heterocycles. The molecule has 134 valence electrons. The fourth-order valence-corrected chi connectivity index (χ4v) is 2.80. The molecule has 0 saturated heterocycles. The van der Waals surface area contributed by atoms with Crippen LogP contribution in [0.4, 0.5) is 0 Å². The first-order valence-electron chi connectivity index (χ1n) is 8.68. The average molecular weight is 359 g/mol. The number of fused-ring (bicyclic) bond motifs is 1. The quantitative estimate of drug-likeness (QED) is 0.497. The number of rotatable bonds is 5. The summed E-state index contributed by atoms with van der Waals surface area (Å²) in [7, 11) is 0. The van der Waals surface area contributed by atoms with Gasteiger partial charge in [0.25, 0.3) is 5.89 Å². The van der Waals surface area contributed by atoms with Crippen LogP contribution in [0.1, 0.15) is 29.1 Å². The van der Waals surface area contributed by atoms with E-state index in [-0.39, 0.29) is 12.5 Å². The highest BCUT2D eigenvalue weighted by Crippen LogP contribution is 2.25. The maximum absolute atomic E-state index is 12.8. The Balaban J connectivity index is 1.67. The monoisotopic (exact) mass is 359 g/mol. The number of para-hydroxylation sites is 1. The fraction of sp³-hybridized carbons (Fsp3) is 0.143. The second-order valence-electron chi connectivity index (χ2n) is 5.96. The van der Waals surface area contributed by atoms with Crippen LogP contribution in [-0.4, -0.2) is 21.2 Å². The van der Waals surface area contributed by atoms with Crippen molar-refractivity contribution in [2.75, 3.05) is 0 Å². The number of hydrogen-bond acceptors (Lipinski definition) is 6. The Kier molecular flexibility index (Phi) is 4.61. The topological polar surface area (TPSA) is 78.1 Å². The Labute approximate surface area is 155 Å². The number of esters is 1. The summed E-state index contributed by atoms with van der Waals surface area (Å²) in [4.78, 5) is 17.4. The van der Waals surface area contributed by atoms with Gasteiger partial charge in [-0.05, 0) is 12.1 Å². The number of carbonyl (C=O) groups is 1. The van der Waals surface area contributed by atoms with E-state index < -0.39 is 5.97 Å². The first-order chi connectivity index (χ1) is 13.2. The smallest absolute Gasteiger partial charge is 0.339 e. The van der Waals surface area contributed by atoms with Crippen molar-refractivity contribution >= 4 is 16.9 Å². The van der Waals surface area contributed by atoms with Gasteiger partial charge in [-0.1, -0.05) is 55.5 Å². The summed E-state index contributed by atoms with van der Waals surface area (Å²) >= 11 is 0. The summed E-state index contributed by atoms with van der Waals surface area (Å²) in [5.74, 6) is 0.339. The van der Waals surface area contributed by atoms with Crippen LogP contribution in [0.25, 0.3) is 22.2 Å². The standard InChI is InChI=1S/C21H17N3O3/c1-2-19-23-24-20(27-19)13-26-21(25)16-12-18(14-8-4-3-5-9-14)22-17-11-7-6-10-15(16)17/h3-12H,2,13H2,1H3.